The summed E-state index contributed by atoms with van der Waals surface area (Å²) in [5.74, 6) is -1.03. The average molecular weight is 401 g/mol. The molecule has 0 unspecified atom stereocenters. The molecule has 5 rings (SSSR count). The first-order valence-corrected chi connectivity index (χ1v) is 10.8. The van der Waals surface area contributed by atoms with Gasteiger partial charge in [0.1, 0.15) is 11.5 Å². The van der Waals surface area contributed by atoms with E-state index < -0.39 is 11.8 Å². The number of likely N-dealkylation sites (tertiary alicyclic amines) is 1. The molecule has 2 saturated carbocycles. The van der Waals surface area contributed by atoms with E-state index in [9.17, 15) is 14.3 Å². The first kappa shape index (κ1) is 19.0. The number of hydrogen-bond acceptors (Lipinski definition) is 4. The number of carbonyl (C=O) groups is 1. The minimum atomic E-state index is -1.02. The fourth-order valence-corrected chi connectivity index (χ4v) is 5.09. The Kier molecular flexibility index (Phi) is 4.82. The summed E-state index contributed by atoms with van der Waals surface area (Å²) >= 11 is 0. The molecule has 0 spiro atoms. The number of carboxylic acid groups (broad SMARTS) is 1. The summed E-state index contributed by atoms with van der Waals surface area (Å²) in [7, 11) is 0. The van der Waals surface area contributed by atoms with Gasteiger partial charge >= 0.3 is 5.97 Å². The van der Waals surface area contributed by atoms with Crippen LogP contribution in [0, 0.1) is 18.7 Å². The number of aromatic nitrogens is 2. The summed E-state index contributed by atoms with van der Waals surface area (Å²) in [6.45, 7) is 4.69. The fraction of sp³-hybridized carbons (Fsp3) is 0.636. The first-order valence-electron chi connectivity index (χ1n) is 10.8. The molecule has 3 fully saturated rings. The number of pyridine rings is 1. The van der Waals surface area contributed by atoms with Crippen molar-refractivity contribution in [3.8, 4) is 0 Å². The minimum absolute atomic E-state index is 0.169. The number of hydrogen-bond donors (Lipinski definition) is 1. The number of halogens is 1. The molecule has 1 aliphatic heterocycles. The number of aromatic carboxylic acids is 1. The maximum absolute atomic E-state index is 13.7. The topological polar surface area (TPSA) is 67.6 Å². The van der Waals surface area contributed by atoms with Crippen molar-refractivity contribution < 1.29 is 19.0 Å². The van der Waals surface area contributed by atoms with Crippen molar-refractivity contribution in [2.45, 2.75) is 70.2 Å². The summed E-state index contributed by atoms with van der Waals surface area (Å²) in [5, 5.41) is 10.00. The molecule has 0 bridgehead atoms. The van der Waals surface area contributed by atoms with Crippen molar-refractivity contribution in [3.05, 3.63) is 29.3 Å². The summed E-state index contributed by atoms with van der Waals surface area (Å²) < 4.78 is 21.6. The molecule has 7 heteroatoms. The van der Waals surface area contributed by atoms with Crippen molar-refractivity contribution >= 4 is 17.0 Å². The highest BCUT2D eigenvalue weighted by Gasteiger charge is 2.38. The highest BCUT2D eigenvalue weighted by molar-refractivity contribution is 6.04. The van der Waals surface area contributed by atoms with E-state index in [2.05, 4.69) is 9.88 Å². The second-order valence-corrected chi connectivity index (χ2v) is 8.99. The van der Waals surface area contributed by atoms with Crippen molar-refractivity contribution in [1.82, 2.24) is 14.5 Å². The molecule has 0 atom stereocenters. The maximum atomic E-state index is 13.7. The molecule has 3 aliphatic rings. The number of nitrogens with zero attached hydrogens (tertiary/aromatic N) is 3. The van der Waals surface area contributed by atoms with Crippen LogP contribution in [0.2, 0.25) is 0 Å². The lowest BCUT2D eigenvalue weighted by atomic mass is 9.84. The van der Waals surface area contributed by atoms with Gasteiger partial charge in [-0.2, -0.15) is 0 Å². The van der Waals surface area contributed by atoms with E-state index in [1.807, 2.05) is 4.57 Å². The monoisotopic (exact) mass is 401 g/mol. The molecule has 0 radical (unpaired) electrons. The summed E-state index contributed by atoms with van der Waals surface area (Å²) in [4.78, 5) is 18.5. The highest BCUT2D eigenvalue weighted by atomic mass is 19.1. The Morgan fingerprint density at radius 2 is 1.93 bits per heavy atom. The Hall–Kier alpha value is -1.99. The Bertz CT molecular complexity index is 925. The van der Waals surface area contributed by atoms with Gasteiger partial charge in [0.2, 0.25) is 0 Å². The number of ether oxygens (including phenoxy) is 1. The maximum Gasteiger partial charge on any atom is 0.338 e. The van der Waals surface area contributed by atoms with Crippen LogP contribution in [0.25, 0.3) is 11.0 Å². The highest BCUT2D eigenvalue weighted by Crippen LogP contribution is 2.35. The Morgan fingerprint density at radius 1 is 1.21 bits per heavy atom. The van der Waals surface area contributed by atoms with E-state index in [4.69, 9.17) is 4.74 Å². The van der Waals surface area contributed by atoms with Crippen LogP contribution >= 0.6 is 0 Å². The van der Waals surface area contributed by atoms with Gasteiger partial charge in [0.15, 0.2) is 0 Å². The molecule has 29 heavy (non-hydrogen) atoms. The van der Waals surface area contributed by atoms with Crippen LogP contribution in [0.5, 0.6) is 0 Å². The zero-order valence-electron chi connectivity index (χ0n) is 16.8. The quantitative estimate of drug-likeness (QED) is 0.801. The van der Waals surface area contributed by atoms with Crippen LogP contribution in [0.1, 0.15) is 54.6 Å². The molecule has 0 amide bonds. The van der Waals surface area contributed by atoms with Gasteiger partial charge < -0.3 is 14.4 Å². The summed E-state index contributed by atoms with van der Waals surface area (Å²) in [6.07, 6.45) is 9.21. The van der Waals surface area contributed by atoms with E-state index in [0.717, 1.165) is 32.5 Å². The Labute approximate surface area is 169 Å². The SMILES string of the molecule is Cc1c(C(=O)O)c2cc(F)cnc2n1CC1CCC(N2CC(OC3CC3)C2)CC1. The second kappa shape index (κ2) is 7.36. The standard InChI is InChI=1S/C22H28FN3O3/c1-13-20(22(27)28)19-8-15(23)9-24-21(19)26(13)10-14-2-4-16(5-3-14)25-11-18(12-25)29-17-6-7-17/h8-9,14,16-18H,2-7,10-12H2,1H3,(H,27,28). The predicted molar refractivity (Wildman–Crippen MR) is 107 cm³/mol. The van der Waals surface area contributed by atoms with Gasteiger partial charge in [0.25, 0.3) is 0 Å². The molecule has 2 aromatic rings. The van der Waals surface area contributed by atoms with Gasteiger partial charge in [-0.3, -0.25) is 4.90 Å². The third-order valence-electron chi connectivity index (χ3n) is 6.90. The van der Waals surface area contributed by atoms with Crippen molar-refractivity contribution in [2.75, 3.05) is 13.1 Å². The first-order chi connectivity index (χ1) is 14.0. The zero-order chi connectivity index (χ0) is 20.1. The third-order valence-corrected chi connectivity index (χ3v) is 6.90. The molecule has 1 saturated heterocycles. The molecular formula is C22H28FN3O3. The Balaban J connectivity index is 1.23. The van der Waals surface area contributed by atoms with Gasteiger partial charge in [0, 0.05) is 36.8 Å². The van der Waals surface area contributed by atoms with Crippen molar-refractivity contribution in [3.63, 3.8) is 0 Å². The van der Waals surface area contributed by atoms with Gasteiger partial charge in [-0.25, -0.2) is 14.2 Å². The predicted octanol–water partition coefficient (Wildman–Crippen LogP) is 3.60. The second-order valence-electron chi connectivity index (χ2n) is 8.99. The van der Waals surface area contributed by atoms with Gasteiger partial charge in [-0.05, 0) is 57.4 Å². The number of carboxylic acids is 1. The third kappa shape index (κ3) is 3.66. The fourth-order valence-electron chi connectivity index (χ4n) is 5.09. The molecule has 2 aliphatic carbocycles. The molecule has 156 valence electrons. The molecule has 6 nitrogen and oxygen atoms in total. The van der Waals surface area contributed by atoms with E-state index in [1.54, 1.807) is 6.92 Å². The van der Waals surface area contributed by atoms with Crippen LogP contribution in [0.15, 0.2) is 12.3 Å². The van der Waals surface area contributed by atoms with E-state index in [0.29, 0.717) is 40.9 Å². The molecule has 1 N–H and O–H groups in total. The smallest absolute Gasteiger partial charge is 0.338 e. The van der Waals surface area contributed by atoms with Crippen molar-refractivity contribution in [2.24, 2.45) is 5.92 Å². The molecule has 0 aromatic carbocycles. The van der Waals surface area contributed by atoms with Crippen LogP contribution in [0.3, 0.4) is 0 Å². The largest absolute Gasteiger partial charge is 0.478 e. The lowest BCUT2D eigenvalue weighted by molar-refractivity contribution is -0.0859. The van der Waals surface area contributed by atoms with Gasteiger partial charge in [-0.15, -0.1) is 0 Å². The van der Waals surface area contributed by atoms with Crippen molar-refractivity contribution in [1.29, 1.82) is 0 Å². The summed E-state index contributed by atoms with van der Waals surface area (Å²) in [5.41, 5.74) is 1.41. The van der Waals surface area contributed by atoms with Crippen LogP contribution in [0.4, 0.5) is 4.39 Å². The van der Waals surface area contributed by atoms with E-state index in [-0.39, 0.29) is 5.56 Å². The van der Waals surface area contributed by atoms with E-state index >= 15 is 0 Å². The van der Waals surface area contributed by atoms with Gasteiger partial charge in [0.05, 0.1) is 24.0 Å². The average Bonchev–Trinajstić information content (AvgIpc) is 3.43. The Morgan fingerprint density at radius 3 is 2.59 bits per heavy atom. The minimum Gasteiger partial charge on any atom is -0.478 e. The van der Waals surface area contributed by atoms with Crippen LogP contribution in [-0.2, 0) is 11.3 Å². The van der Waals surface area contributed by atoms with E-state index in [1.165, 1.54) is 37.9 Å². The lowest BCUT2D eigenvalue weighted by Gasteiger charge is -2.46. The molecular weight excluding hydrogens is 373 g/mol. The molecule has 2 aromatic heterocycles. The zero-order valence-corrected chi connectivity index (χ0v) is 16.8. The van der Waals surface area contributed by atoms with Gasteiger partial charge in [-0.1, -0.05) is 0 Å². The number of fused-ring (bicyclic) bond motifs is 1. The van der Waals surface area contributed by atoms with Crippen LogP contribution in [-0.4, -0.2) is 56.9 Å². The summed E-state index contributed by atoms with van der Waals surface area (Å²) in [6, 6.07) is 1.94. The number of rotatable bonds is 6. The molecule has 3 heterocycles. The lowest BCUT2D eigenvalue weighted by Crippen LogP contribution is -2.57. The normalized spacial score (nSPS) is 26.0. The van der Waals surface area contributed by atoms with Crippen LogP contribution < -0.4 is 0 Å².